The number of guanidine groups is 1. The summed E-state index contributed by atoms with van der Waals surface area (Å²) in [6, 6.07) is 14.2. The molecule has 5 heteroatoms. The van der Waals surface area contributed by atoms with Crippen molar-refractivity contribution >= 4 is 34.7 Å². The Morgan fingerprint density at radius 3 is 2.21 bits per heavy atom. The third-order valence-electron chi connectivity index (χ3n) is 4.95. The highest BCUT2D eigenvalue weighted by Crippen LogP contribution is 2.31. The van der Waals surface area contributed by atoms with Crippen LogP contribution in [0.1, 0.15) is 36.1 Å². The van der Waals surface area contributed by atoms with Gasteiger partial charge >= 0.3 is 0 Å². The van der Waals surface area contributed by atoms with Crippen LogP contribution in [0.25, 0.3) is 5.70 Å². The van der Waals surface area contributed by atoms with E-state index >= 15 is 0 Å². The van der Waals surface area contributed by atoms with Crippen LogP contribution in [0.4, 0.5) is 0 Å². The van der Waals surface area contributed by atoms with Crippen molar-refractivity contribution in [2.24, 2.45) is 15.2 Å². The predicted octanol–water partition coefficient (Wildman–Crippen LogP) is 5.75. The van der Waals surface area contributed by atoms with Crippen LogP contribution in [0.15, 0.2) is 75.5 Å². The smallest absolute Gasteiger partial charge is 0.254 e. The van der Waals surface area contributed by atoms with Crippen molar-refractivity contribution in [3.8, 4) is 0 Å². The van der Waals surface area contributed by atoms with Crippen molar-refractivity contribution in [2.75, 3.05) is 0 Å². The van der Waals surface area contributed by atoms with E-state index in [0.29, 0.717) is 11.0 Å². The zero-order valence-electron chi connectivity index (χ0n) is 16.4. The quantitative estimate of drug-likeness (QED) is 0.645. The minimum atomic E-state index is 0.561. The number of hydrogen-bond donors (Lipinski definition) is 0. The molecule has 0 radical (unpaired) electrons. The molecule has 2 heterocycles. The number of allylic oxidation sites excluding steroid dienone is 3. The molecule has 0 aliphatic carbocycles. The maximum atomic E-state index is 6.11. The highest BCUT2D eigenvalue weighted by atomic mass is 35.5. The number of hydrogen-bond acceptors (Lipinski definition) is 4. The minimum absolute atomic E-state index is 0.561. The lowest BCUT2D eigenvalue weighted by atomic mass is 9.99. The lowest BCUT2D eigenvalue weighted by molar-refractivity contribution is 0.704. The van der Waals surface area contributed by atoms with Gasteiger partial charge in [-0.2, -0.15) is 5.10 Å². The molecule has 0 saturated carbocycles. The van der Waals surface area contributed by atoms with Gasteiger partial charge in [-0.15, -0.1) is 5.10 Å². The fraction of sp³-hybridized carbons (Fsp3) is 0.174. The number of rotatable bonds is 2. The number of aryl methyl sites for hydroxylation is 2. The van der Waals surface area contributed by atoms with Crippen LogP contribution in [-0.2, 0) is 0 Å². The molecule has 0 bridgehead atoms. The molecule has 0 aromatic heterocycles. The summed E-state index contributed by atoms with van der Waals surface area (Å²) in [4.78, 5) is 6.86. The first-order valence-corrected chi connectivity index (χ1v) is 9.55. The van der Waals surface area contributed by atoms with Crippen molar-refractivity contribution in [1.82, 2.24) is 4.90 Å². The molecule has 140 valence electrons. The predicted molar refractivity (Wildman–Crippen MR) is 118 cm³/mol. The minimum Gasteiger partial charge on any atom is -0.281 e. The molecular weight excluding hydrogens is 368 g/mol. The number of nitrogens with zero attached hydrogens (tertiary/aromatic N) is 4. The van der Waals surface area contributed by atoms with E-state index in [1.54, 1.807) is 0 Å². The van der Waals surface area contributed by atoms with Gasteiger partial charge in [-0.3, -0.25) is 4.90 Å². The zero-order valence-corrected chi connectivity index (χ0v) is 17.1. The molecule has 4 rings (SSSR count). The van der Waals surface area contributed by atoms with E-state index in [1.165, 1.54) is 11.1 Å². The molecule has 28 heavy (non-hydrogen) atoms. The second-order valence-electron chi connectivity index (χ2n) is 7.10. The van der Waals surface area contributed by atoms with Crippen LogP contribution < -0.4 is 0 Å². The summed E-state index contributed by atoms with van der Waals surface area (Å²) in [5.41, 5.74) is 8.32. The summed E-state index contributed by atoms with van der Waals surface area (Å²) in [7, 11) is 0. The maximum Gasteiger partial charge on any atom is 0.254 e. The Bertz CT molecular complexity index is 1100. The van der Waals surface area contributed by atoms with Crippen molar-refractivity contribution in [2.45, 2.75) is 27.7 Å². The Balaban J connectivity index is 1.91. The van der Waals surface area contributed by atoms with Crippen LogP contribution in [-0.4, -0.2) is 22.3 Å². The summed E-state index contributed by atoms with van der Waals surface area (Å²) in [6.45, 7) is 8.20. The molecule has 0 fully saturated rings. The number of aliphatic imine (C=N–C) groups is 1. The first kappa shape index (κ1) is 18.4. The van der Waals surface area contributed by atoms with E-state index in [1.807, 2.05) is 49.1 Å². The van der Waals surface area contributed by atoms with Crippen LogP contribution in [0.5, 0.6) is 0 Å². The van der Waals surface area contributed by atoms with Gasteiger partial charge < -0.3 is 0 Å². The van der Waals surface area contributed by atoms with Crippen molar-refractivity contribution < 1.29 is 0 Å². The lowest BCUT2D eigenvalue weighted by Crippen LogP contribution is -2.31. The molecule has 0 atom stereocenters. The van der Waals surface area contributed by atoms with Gasteiger partial charge in [-0.05, 0) is 74.7 Å². The first-order valence-electron chi connectivity index (χ1n) is 9.17. The van der Waals surface area contributed by atoms with E-state index in [2.05, 4.69) is 48.3 Å². The fourth-order valence-corrected chi connectivity index (χ4v) is 3.43. The Hall–Kier alpha value is -2.98. The molecule has 2 aromatic rings. The van der Waals surface area contributed by atoms with E-state index in [9.17, 15) is 0 Å². The lowest BCUT2D eigenvalue weighted by Gasteiger charge is -2.29. The highest BCUT2D eigenvalue weighted by Gasteiger charge is 2.26. The third-order valence-corrected chi connectivity index (χ3v) is 5.20. The number of benzene rings is 2. The van der Waals surface area contributed by atoms with Crippen molar-refractivity contribution in [3.63, 3.8) is 0 Å². The Morgan fingerprint density at radius 1 is 0.786 bits per heavy atom. The van der Waals surface area contributed by atoms with Gasteiger partial charge in [0.05, 0.1) is 17.1 Å². The zero-order chi connectivity index (χ0) is 19.8. The Morgan fingerprint density at radius 2 is 1.50 bits per heavy atom. The van der Waals surface area contributed by atoms with Crippen LogP contribution in [0, 0.1) is 13.8 Å². The average molecular weight is 389 g/mol. The second kappa shape index (κ2) is 7.21. The van der Waals surface area contributed by atoms with Gasteiger partial charge in [0.15, 0.2) is 0 Å². The Kier molecular flexibility index (Phi) is 4.73. The maximum absolute atomic E-state index is 6.11. The average Bonchev–Trinajstić information content (AvgIpc) is 2.82. The highest BCUT2D eigenvalue weighted by molar-refractivity contribution is 6.30. The molecule has 0 saturated heterocycles. The van der Waals surface area contributed by atoms with Crippen LogP contribution in [0.3, 0.4) is 0 Å². The molecule has 0 amide bonds. The molecule has 4 nitrogen and oxygen atoms in total. The number of halogens is 1. The number of fused-ring (bicyclic) bond motifs is 1. The van der Waals surface area contributed by atoms with Crippen molar-refractivity contribution in [1.29, 1.82) is 0 Å². The molecule has 0 unspecified atom stereocenters. The van der Waals surface area contributed by atoms with Crippen LogP contribution >= 0.6 is 11.6 Å². The van der Waals surface area contributed by atoms with Gasteiger partial charge in [0.2, 0.25) is 0 Å². The third kappa shape index (κ3) is 3.43. The largest absolute Gasteiger partial charge is 0.281 e. The monoisotopic (exact) mass is 388 g/mol. The van der Waals surface area contributed by atoms with E-state index in [4.69, 9.17) is 16.6 Å². The standard InChI is InChI=1S/C23H21ClN4/c1-14-5-6-19(11-15(14)2)21-13-22(18-7-9-20(24)10-8-18)28-17(4)12-16(3)26-27-23(28)25-21/h5-13H,1-4H3. The molecule has 0 N–H and O–H groups in total. The molecule has 2 aromatic carbocycles. The normalized spacial score (nSPS) is 16.3. The van der Waals surface area contributed by atoms with Gasteiger partial charge in [-0.1, -0.05) is 35.9 Å². The summed E-state index contributed by atoms with van der Waals surface area (Å²) >= 11 is 6.11. The molecule has 0 spiro atoms. The molecule has 2 aliphatic rings. The Labute approximate surface area is 170 Å². The second-order valence-corrected chi connectivity index (χ2v) is 7.53. The summed E-state index contributed by atoms with van der Waals surface area (Å²) in [5, 5.41) is 9.41. The molecular formula is C23H21ClN4. The van der Waals surface area contributed by atoms with Crippen LogP contribution in [0.2, 0.25) is 5.02 Å². The van der Waals surface area contributed by atoms with E-state index in [-0.39, 0.29) is 0 Å². The SMILES string of the molecule is CC1=CC(C)=NN=C2N=C(c3ccc(C)c(C)c3)C=C(c3ccc(Cl)cc3)N12. The van der Waals surface area contributed by atoms with E-state index in [0.717, 1.165) is 33.9 Å². The summed E-state index contributed by atoms with van der Waals surface area (Å²) < 4.78 is 0. The van der Waals surface area contributed by atoms with Crippen molar-refractivity contribution in [3.05, 3.63) is 87.6 Å². The molecule has 2 aliphatic heterocycles. The first-order chi connectivity index (χ1) is 13.4. The topological polar surface area (TPSA) is 40.3 Å². The van der Waals surface area contributed by atoms with Gasteiger partial charge in [0.25, 0.3) is 5.96 Å². The van der Waals surface area contributed by atoms with Gasteiger partial charge in [-0.25, -0.2) is 4.99 Å². The van der Waals surface area contributed by atoms with Gasteiger partial charge in [0, 0.05) is 16.3 Å². The summed E-state index contributed by atoms with van der Waals surface area (Å²) in [6.07, 6.45) is 4.11. The van der Waals surface area contributed by atoms with Gasteiger partial charge in [0.1, 0.15) is 0 Å². The summed E-state index contributed by atoms with van der Waals surface area (Å²) in [5.74, 6) is 0.561. The fourth-order valence-electron chi connectivity index (χ4n) is 3.31. The van der Waals surface area contributed by atoms with E-state index < -0.39 is 0 Å².